The zero-order valence-electron chi connectivity index (χ0n) is 15.5. The lowest BCUT2D eigenvalue weighted by Gasteiger charge is -2.35. The quantitative estimate of drug-likeness (QED) is 0.846. The Morgan fingerprint density at radius 1 is 1.12 bits per heavy atom. The number of nitrogens with zero attached hydrogens (tertiary/aromatic N) is 3. The molecule has 1 aromatic heterocycles. The molecule has 2 saturated heterocycles. The van der Waals surface area contributed by atoms with Gasteiger partial charge in [0.05, 0.1) is 12.6 Å². The summed E-state index contributed by atoms with van der Waals surface area (Å²) >= 11 is 0. The summed E-state index contributed by atoms with van der Waals surface area (Å²) in [5, 5.41) is 3.06. The van der Waals surface area contributed by atoms with Gasteiger partial charge in [-0.15, -0.1) is 0 Å². The Labute approximate surface area is 156 Å². The first kappa shape index (κ1) is 18.8. The molecule has 142 valence electrons. The van der Waals surface area contributed by atoms with Gasteiger partial charge in [-0.2, -0.15) is 0 Å². The van der Waals surface area contributed by atoms with Gasteiger partial charge in [-0.05, 0) is 50.4 Å². The van der Waals surface area contributed by atoms with Crippen LogP contribution in [0.3, 0.4) is 0 Å². The first-order valence-electron chi connectivity index (χ1n) is 9.92. The van der Waals surface area contributed by atoms with Crippen LogP contribution in [0.2, 0.25) is 0 Å². The van der Waals surface area contributed by atoms with E-state index in [1.807, 2.05) is 12.3 Å². The fourth-order valence-corrected chi connectivity index (χ4v) is 3.91. The molecule has 26 heavy (non-hydrogen) atoms. The molecule has 1 atom stereocenters. The third-order valence-electron chi connectivity index (χ3n) is 5.40. The van der Waals surface area contributed by atoms with Crippen molar-refractivity contribution < 1.29 is 9.59 Å². The standard InChI is InChI=1S/C20H30N4O2/c25-19(16-24-13-4-1-3-9-20(24)26)22-15-18(17-8-7-10-21-14-17)23-11-5-2-6-12-23/h7-8,10,14,18H,1-6,9,11-13,15-16H2,(H,22,25)/t18-/m1/s1. The molecule has 2 fully saturated rings. The van der Waals surface area contributed by atoms with Gasteiger partial charge in [0.25, 0.3) is 0 Å². The average Bonchev–Trinajstić information content (AvgIpc) is 2.88. The second kappa shape index (κ2) is 9.67. The topological polar surface area (TPSA) is 65.5 Å². The Hall–Kier alpha value is -1.95. The maximum absolute atomic E-state index is 12.4. The molecule has 3 rings (SSSR count). The zero-order chi connectivity index (χ0) is 18.2. The number of amides is 2. The fraction of sp³-hybridized carbons (Fsp3) is 0.650. The number of nitrogens with one attached hydrogen (secondary N) is 1. The normalized spacial score (nSPS) is 20.5. The summed E-state index contributed by atoms with van der Waals surface area (Å²) in [4.78, 5) is 32.9. The lowest BCUT2D eigenvalue weighted by atomic mass is 10.0. The highest BCUT2D eigenvalue weighted by molar-refractivity contribution is 5.84. The summed E-state index contributed by atoms with van der Waals surface area (Å²) in [6.07, 6.45) is 10.9. The maximum atomic E-state index is 12.4. The molecule has 0 unspecified atom stereocenters. The average molecular weight is 358 g/mol. The van der Waals surface area contributed by atoms with Crippen molar-refractivity contribution in [3.63, 3.8) is 0 Å². The van der Waals surface area contributed by atoms with Gasteiger partial charge in [0.2, 0.25) is 11.8 Å². The Morgan fingerprint density at radius 3 is 2.65 bits per heavy atom. The van der Waals surface area contributed by atoms with E-state index in [1.54, 1.807) is 11.1 Å². The van der Waals surface area contributed by atoms with Gasteiger partial charge in [0.1, 0.15) is 0 Å². The first-order chi connectivity index (χ1) is 12.7. The molecule has 0 bridgehead atoms. The van der Waals surface area contributed by atoms with Crippen molar-refractivity contribution in [3.8, 4) is 0 Å². The number of aromatic nitrogens is 1. The fourth-order valence-electron chi connectivity index (χ4n) is 3.91. The van der Waals surface area contributed by atoms with Crippen LogP contribution < -0.4 is 5.32 Å². The number of hydrogen-bond acceptors (Lipinski definition) is 4. The van der Waals surface area contributed by atoms with E-state index in [0.29, 0.717) is 19.5 Å². The van der Waals surface area contributed by atoms with E-state index in [-0.39, 0.29) is 24.4 Å². The molecule has 0 aliphatic carbocycles. The molecule has 0 spiro atoms. The number of pyridine rings is 1. The van der Waals surface area contributed by atoms with Gasteiger partial charge in [-0.25, -0.2) is 0 Å². The van der Waals surface area contributed by atoms with Crippen LogP contribution in [0.25, 0.3) is 0 Å². The van der Waals surface area contributed by atoms with Crippen LogP contribution in [-0.4, -0.2) is 59.3 Å². The van der Waals surface area contributed by atoms with Crippen molar-refractivity contribution in [2.75, 3.05) is 32.7 Å². The van der Waals surface area contributed by atoms with Crippen LogP contribution in [0.1, 0.15) is 56.6 Å². The minimum absolute atomic E-state index is 0.0638. The van der Waals surface area contributed by atoms with E-state index >= 15 is 0 Å². The predicted molar refractivity (Wildman–Crippen MR) is 100 cm³/mol. The van der Waals surface area contributed by atoms with Crippen molar-refractivity contribution in [2.24, 2.45) is 0 Å². The zero-order valence-corrected chi connectivity index (χ0v) is 15.5. The molecule has 6 heteroatoms. The summed E-state index contributed by atoms with van der Waals surface area (Å²) in [6.45, 7) is 3.55. The first-order valence-corrected chi connectivity index (χ1v) is 9.92. The van der Waals surface area contributed by atoms with Crippen LogP contribution in [0.15, 0.2) is 24.5 Å². The number of carbonyl (C=O) groups is 2. The van der Waals surface area contributed by atoms with Crippen LogP contribution in [0.4, 0.5) is 0 Å². The minimum atomic E-state index is -0.0638. The molecule has 2 aliphatic heterocycles. The monoisotopic (exact) mass is 358 g/mol. The van der Waals surface area contributed by atoms with E-state index in [2.05, 4.69) is 21.3 Å². The molecule has 2 aliphatic rings. The van der Waals surface area contributed by atoms with Crippen LogP contribution in [-0.2, 0) is 9.59 Å². The molecule has 0 radical (unpaired) electrons. The van der Waals surface area contributed by atoms with Crippen LogP contribution >= 0.6 is 0 Å². The third-order valence-corrected chi connectivity index (χ3v) is 5.40. The minimum Gasteiger partial charge on any atom is -0.353 e. The van der Waals surface area contributed by atoms with Gasteiger partial charge in [-0.3, -0.25) is 19.5 Å². The van der Waals surface area contributed by atoms with Crippen LogP contribution in [0.5, 0.6) is 0 Å². The molecule has 0 aromatic carbocycles. The molecular weight excluding hydrogens is 328 g/mol. The lowest BCUT2D eigenvalue weighted by molar-refractivity contribution is -0.135. The van der Waals surface area contributed by atoms with E-state index in [0.717, 1.165) is 37.9 Å². The summed E-state index contributed by atoms with van der Waals surface area (Å²) in [6, 6.07) is 4.17. The van der Waals surface area contributed by atoms with Gasteiger partial charge >= 0.3 is 0 Å². The number of rotatable bonds is 6. The van der Waals surface area contributed by atoms with E-state index in [4.69, 9.17) is 0 Å². The van der Waals surface area contributed by atoms with Gasteiger partial charge in [-0.1, -0.05) is 18.9 Å². The van der Waals surface area contributed by atoms with Crippen molar-refractivity contribution in [1.82, 2.24) is 20.1 Å². The summed E-state index contributed by atoms with van der Waals surface area (Å²) in [7, 11) is 0. The smallest absolute Gasteiger partial charge is 0.239 e. The highest BCUT2D eigenvalue weighted by atomic mass is 16.2. The van der Waals surface area contributed by atoms with E-state index in [1.165, 1.54) is 19.3 Å². The predicted octanol–water partition coefficient (Wildman–Crippen LogP) is 2.13. The van der Waals surface area contributed by atoms with Gasteiger partial charge < -0.3 is 10.2 Å². The Morgan fingerprint density at radius 2 is 1.88 bits per heavy atom. The highest BCUT2D eigenvalue weighted by Crippen LogP contribution is 2.23. The van der Waals surface area contributed by atoms with E-state index in [9.17, 15) is 9.59 Å². The second-order valence-corrected chi connectivity index (χ2v) is 7.33. The van der Waals surface area contributed by atoms with Crippen molar-refractivity contribution in [3.05, 3.63) is 30.1 Å². The molecule has 1 aromatic rings. The van der Waals surface area contributed by atoms with Crippen molar-refractivity contribution >= 4 is 11.8 Å². The van der Waals surface area contributed by atoms with Crippen molar-refractivity contribution in [2.45, 2.75) is 51.0 Å². The summed E-state index contributed by atoms with van der Waals surface area (Å²) < 4.78 is 0. The molecule has 6 nitrogen and oxygen atoms in total. The summed E-state index contributed by atoms with van der Waals surface area (Å²) in [5.74, 6) is 0.0450. The molecular formula is C20H30N4O2. The number of piperidine rings is 1. The van der Waals surface area contributed by atoms with Crippen LogP contribution in [0, 0.1) is 0 Å². The Balaban J connectivity index is 1.58. The molecule has 3 heterocycles. The molecule has 0 saturated carbocycles. The molecule has 2 amide bonds. The number of hydrogen-bond donors (Lipinski definition) is 1. The van der Waals surface area contributed by atoms with Gasteiger partial charge in [0.15, 0.2) is 0 Å². The largest absolute Gasteiger partial charge is 0.353 e. The van der Waals surface area contributed by atoms with Gasteiger partial charge in [0, 0.05) is 31.9 Å². The maximum Gasteiger partial charge on any atom is 0.239 e. The number of carbonyl (C=O) groups excluding carboxylic acids is 2. The molecule has 1 N–H and O–H groups in total. The highest BCUT2D eigenvalue weighted by Gasteiger charge is 2.24. The summed E-state index contributed by atoms with van der Waals surface area (Å²) in [5.41, 5.74) is 1.14. The second-order valence-electron chi connectivity index (χ2n) is 7.33. The van der Waals surface area contributed by atoms with Crippen molar-refractivity contribution in [1.29, 1.82) is 0 Å². The Bertz CT molecular complexity index is 587. The van der Waals surface area contributed by atoms with E-state index < -0.39 is 0 Å². The number of likely N-dealkylation sites (tertiary alicyclic amines) is 2. The third kappa shape index (κ3) is 5.27. The Kier molecular flexibility index (Phi) is 7.00. The lowest BCUT2D eigenvalue weighted by Crippen LogP contribution is -2.44. The SMILES string of the molecule is O=C(CN1CCCCCC1=O)NC[C@H](c1cccnc1)N1CCCCC1.